The summed E-state index contributed by atoms with van der Waals surface area (Å²) in [4.78, 5) is 18.3. The van der Waals surface area contributed by atoms with Gasteiger partial charge >= 0.3 is 6.01 Å². The highest BCUT2D eigenvalue weighted by Crippen LogP contribution is 2.49. The van der Waals surface area contributed by atoms with Crippen LogP contribution in [0.4, 0.5) is 14.6 Å². The number of alkyl halides is 1. The zero-order chi connectivity index (χ0) is 28.6. The third kappa shape index (κ3) is 4.40. The van der Waals surface area contributed by atoms with Crippen LogP contribution in [0, 0.1) is 5.82 Å². The van der Waals surface area contributed by atoms with Crippen LogP contribution in [0.2, 0.25) is 5.02 Å². The molecular weight excluding hydrogens is 564 g/mol. The first-order valence-corrected chi connectivity index (χ1v) is 15.5. The normalized spacial score (nSPS) is 29.3. The standard InChI is InChI=1S/C31H34ClF2N5O3/c32-23-12-20(40)11-21(24(23)18-3-4-18)26-25(34)27-22(14-35-26)28(38-8-2-6-31(16-38)7-10-42-31)37-29(36-27)41-17-30-5-1-9-39(30)15-19(33)13-30/h11-12,14,18-19,40H,1-10,13,15-17H2/t19-,30+,31?/m1/s1. The van der Waals surface area contributed by atoms with E-state index in [0.29, 0.717) is 41.3 Å². The van der Waals surface area contributed by atoms with Gasteiger partial charge in [-0.1, -0.05) is 11.6 Å². The van der Waals surface area contributed by atoms with Crippen molar-refractivity contribution in [3.05, 3.63) is 34.7 Å². The van der Waals surface area contributed by atoms with E-state index in [9.17, 15) is 9.50 Å². The Kier molecular flexibility index (Phi) is 6.28. The second kappa shape index (κ2) is 9.86. The van der Waals surface area contributed by atoms with Crippen molar-refractivity contribution in [3.8, 4) is 23.0 Å². The molecule has 1 unspecified atom stereocenters. The van der Waals surface area contributed by atoms with Crippen LogP contribution in [0.5, 0.6) is 11.8 Å². The van der Waals surface area contributed by atoms with Gasteiger partial charge < -0.3 is 19.5 Å². The molecule has 0 bridgehead atoms. The summed E-state index contributed by atoms with van der Waals surface area (Å²) < 4.78 is 43.3. The molecule has 3 atom stereocenters. The molecule has 4 aliphatic heterocycles. The lowest BCUT2D eigenvalue weighted by Crippen LogP contribution is -2.56. The number of phenolic OH excluding ortho intramolecular Hbond substituents is 1. The Labute approximate surface area is 248 Å². The first kappa shape index (κ1) is 26.8. The van der Waals surface area contributed by atoms with Gasteiger partial charge in [0.05, 0.1) is 23.1 Å². The predicted octanol–water partition coefficient (Wildman–Crippen LogP) is 5.78. The van der Waals surface area contributed by atoms with E-state index in [2.05, 4.69) is 19.8 Å². The molecule has 6 heterocycles. The van der Waals surface area contributed by atoms with Crippen LogP contribution in [-0.4, -0.2) is 81.7 Å². The number of piperidine rings is 1. The van der Waals surface area contributed by atoms with E-state index in [1.807, 2.05) is 0 Å². The average Bonchev–Trinajstić information content (AvgIpc) is 3.64. The van der Waals surface area contributed by atoms with Crippen molar-refractivity contribution < 1.29 is 23.4 Å². The predicted molar refractivity (Wildman–Crippen MR) is 155 cm³/mol. The minimum atomic E-state index is -0.880. The molecular formula is C31H34ClF2N5O3. The number of nitrogens with zero attached hydrogens (tertiary/aromatic N) is 5. The molecule has 1 aliphatic carbocycles. The van der Waals surface area contributed by atoms with Gasteiger partial charge in [-0.25, -0.2) is 8.78 Å². The molecule has 4 saturated heterocycles. The highest BCUT2D eigenvalue weighted by molar-refractivity contribution is 6.32. The molecule has 5 fully saturated rings. The Bertz CT molecular complexity index is 1570. The molecule has 1 spiro atoms. The van der Waals surface area contributed by atoms with Gasteiger partial charge in [-0.2, -0.15) is 9.97 Å². The van der Waals surface area contributed by atoms with Gasteiger partial charge in [0, 0.05) is 49.3 Å². The maximum absolute atomic E-state index is 16.6. The summed E-state index contributed by atoms with van der Waals surface area (Å²) in [6, 6.07) is 3.09. The minimum absolute atomic E-state index is 0.0460. The maximum atomic E-state index is 16.6. The number of ether oxygens (including phenoxy) is 2. The number of aromatic nitrogens is 3. The first-order chi connectivity index (χ1) is 20.3. The molecule has 0 radical (unpaired) electrons. The molecule has 3 aromatic rings. The number of anilines is 1. The van der Waals surface area contributed by atoms with Crippen LogP contribution in [0.15, 0.2) is 18.3 Å². The lowest BCUT2D eigenvalue weighted by Gasteiger charge is -2.48. The summed E-state index contributed by atoms with van der Waals surface area (Å²) in [6.45, 7) is 3.66. The largest absolute Gasteiger partial charge is 0.508 e. The monoisotopic (exact) mass is 597 g/mol. The Morgan fingerprint density at radius 2 is 1.98 bits per heavy atom. The number of benzene rings is 1. The number of fused-ring (bicyclic) bond motifs is 2. The number of halogens is 3. The second-order valence-electron chi connectivity index (χ2n) is 12.8. The topological polar surface area (TPSA) is 83.8 Å². The summed E-state index contributed by atoms with van der Waals surface area (Å²) in [7, 11) is 0. The lowest BCUT2D eigenvalue weighted by molar-refractivity contribution is -0.151. The van der Waals surface area contributed by atoms with Crippen molar-refractivity contribution in [2.24, 2.45) is 0 Å². The van der Waals surface area contributed by atoms with Crippen molar-refractivity contribution in [1.82, 2.24) is 19.9 Å². The summed E-state index contributed by atoms with van der Waals surface area (Å²) in [5.41, 5.74) is 0.881. The van der Waals surface area contributed by atoms with Gasteiger partial charge in [0.1, 0.15) is 35.6 Å². The van der Waals surface area contributed by atoms with Gasteiger partial charge in [0.2, 0.25) is 0 Å². The van der Waals surface area contributed by atoms with Crippen molar-refractivity contribution in [1.29, 1.82) is 0 Å². The van der Waals surface area contributed by atoms with E-state index >= 15 is 4.39 Å². The Hall–Kier alpha value is -2.82. The second-order valence-corrected chi connectivity index (χ2v) is 13.3. The summed E-state index contributed by atoms with van der Waals surface area (Å²) >= 11 is 6.54. The molecule has 8 rings (SSSR count). The lowest BCUT2D eigenvalue weighted by atomic mass is 9.86. The molecule has 11 heteroatoms. The van der Waals surface area contributed by atoms with Gasteiger partial charge in [-0.05, 0) is 68.7 Å². The number of hydrogen-bond acceptors (Lipinski definition) is 8. The molecule has 5 aliphatic rings. The summed E-state index contributed by atoms with van der Waals surface area (Å²) in [5.74, 6) is 0.113. The quantitative estimate of drug-likeness (QED) is 0.383. The third-order valence-corrected chi connectivity index (χ3v) is 10.3. The Morgan fingerprint density at radius 1 is 1.14 bits per heavy atom. The zero-order valence-electron chi connectivity index (χ0n) is 23.4. The van der Waals surface area contributed by atoms with Crippen LogP contribution in [-0.2, 0) is 4.74 Å². The van der Waals surface area contributed by atoms with Crippen LogP contribution < -0.4 is 9.64 Å². The Balaban J connectivity index is 1.23. The van der Waals surface area contributed by atoms with Gasteiger partial charge in [-0.3, -0.25) is 9.88 Å². The molecule has 1 saturated carbocycles. The van der Waals surface area contributed by atoms with E-state index in [0.717, 1.165) is 70.2 Å². The van der Waals surface area contributed by atoms with Gasteiger partial charge in [0.15, 0.2) is 5.82 Å². The smallest absolute Gasteiger partial charge is 0.319 e. The SMILES string of the molecule is Oc1cc(Cl)c(C2CC2)c(-c2ncc3c(N4CCCC5(CCO5)C4)nc(OC[C@@]45CCCN4C[C@H](F)C5)nc3c2F)c1. The fourth-order valence-corrected chi connectivity index (χ4v) is 8.11. The van der Waals surface area contributed by atoms with Gasteiger partial charge in [-0.15, -0.1) is 0 Å². The van der Waals surface area contributed by atoms with Crippen molar-refractivity contribution >= 4 is 28.3 Å². The molecule has 222 valence electrons. The molecule has 42 heavy (non-hydrogen) atoms. The van der Waals surface area contributed by atoms with E-state index in [1.54, 1.807) is 6.20 Å². The maximum Gasteiger partial charge on any atom is 0.319 e. The summed E-state index contributed by atoms with van der Waals surface area (Å²) in [5, 5.41) is 11.3. The fourth-order valence-electron chi connectivity index (χ4n) is 7.74. The van der Waals surface area contributed by atoms with Gasteiger partial charge in [0.25, 0.3) is 0 Å². The van der Waals surface area contributed by atoms with E-state index in [-0.39, 0.29) is 46.6 Å². The zero-order valence-corrected chi connectivity index (χ0v) is 24.2. The van der Waals surface area contributed by atoms with Crippen molar-refractivity contribution in [2.75, 3.05) is 44.3 Å². The number of rotatable bonds is 6. The molecule has 2 aromatic heterocycles. The third-order valence-electron chi connectivity index (χ3n) is 10.0. The molecule has 0 amide bonds. The van der Waals surface area contributed by atoms with Crippen molar-refractivity contribution in [2.45, 2.75) is 74.6 Å². The van der Waals surface area contributed by atoms with Crippen molar-refractivity contribution in [3.63, 3.8) is 0 Å². The van der Waals surface area contributed by atoms with Crippen LogP contribution >= 0.6 is 11.6 Å². The molecule has 1 aromatic carbocycles. The summed E-state index contributed by atoms with van der Waals surface area (Å²) in [6.07, 6.45) is 7.81. The highest BCUT2D eigenvalue weighted by atomic mass is 35.5. The van der Waals surface area contributed by atoms with Crippen LogP contribution in [0.1, 0.15) is 62.8 Å². The molecule has 8 nitrogen and oxygen atoms in total. The number of aromatic hydroxyl groups is 1. The first-order valence-electron chi connectivity index (χ1n) is 15.1. The minimum Gasteiger partial charge on any atom is -0.508 e. The number of pyridine rings is 1. The number of phenols is 1. The van der Waals surface area contributed by atoms with Crippen LogP contribution in [0.25, 0.3) is 22.2 Å². The Morgan fingerprint density at radius 3 is 2.76 bits per heavy atom. The number of hydrogen-bond donors (Lipinski definition) is 1. The highest BCUT2D eigenvalue weighted by Gasteiger charge is 2.49. The molecule has 1 N–H and O–H groups in total. The van der Waals surface area contributed by atoms with E-state index in [1.165, 1.54) is 12.1 Å². The van der Waals surface area contributed by atoms with Crippen LogP contribution in [0.3, 0.4) is 0 Å². The fraction of sp³-hybridized carbons (Fsp3) is 0.581. The van der Waals surface area contributed by atoms with E-state index in [4.69, 9.17) is 26.1 Å². The average molecular weight is 598 g/mol. The van der Waals surface area contributed by atoms with E-state index < -0.39 is 12.0 Å².